The fourth-order valence-electron chi connectivity index (χ4n) is 9.48. The van der Waals surface area contributed by atoms with Crippen LogP contribution >= 0.6 is 38.6 Å². The standard InChI is InChI=1S/C32H21N3S.C20H14BrN3.C12H9BO2S.H/c1-3-10-23(11-4-1)31-33-34-32(24-12-5-2-6-13-24)35(31)25-20-18-22(19-21-25)26-15-9-16-28-27-14-7-8-17-29(27)36-30(26)28;21-17-11-13-18(14-12-17)24-19(15-7-3-1-4-8-15)22-23-20(24)16-9-5-2-6-10-16;14-13(15)10-6-3-5-9-8-4-1-2-7-11(8)16-12(9)10;/h1-21H;1-14H;1-7,14-15H;/q;;;-1/i;;;1+1. The van der Waals surface area contributed by atoms with Crippen molar-refractivity contribution < 1.29 is 11.5 Å². The van der Waals surface area contributed by atoms with Gasteiger partial charge in [0, 0.05) is 73.1 Å². The lowest BCUT2D eigenvalue weighted by Gasteiger charge is -2.12. The minimum atomic E-state index is -1.41. The molecule has 0 spiro atoms. The summed E-state index contributed by atoms with van der Waals surface area (Å²) in [7, 11) is -1.41. The fraction of sp³-hybridized carbons (Fsp3) is 0. The maximum atomic E-state index is 9.31. The van der Waals surface area contributed by atoms with Crippen LogP contribution < -0.4 is 5.46 Å². The van der Waals surface area contributed by atoms with Gasteiger partial charge in [-0.3, -0.25) is 9.13 Å². The van der Waals surface area contributed by atoms with Crippen LogP contribution in [0.5, 0.6) is 0 Å². The summed E-state index contributed by atoms with van der Waals surface area (Å²) in [6, 6.07) is 86.6. The minimum absolute atomic E-state index is 0. The van der Waals surface area contributed by atoms with Crippen LogP contribution in [0.25, 0.3) is 108 Å². The molecule has 0 fully saturated rings. The number of thiophene rings is 2. The van der Waals surface area contributed by atoms with Crippen LogP contribution in [0.3, 0.4) is 0 Å². The second kappa shape index (κ2) is 21.7. The van der Waals surface area contributed by atoms with Crippen molar-refractivity contribution >= 4 is 91.5 Å². The maximum absolute atomic E-state index is 9.31. The molecular weight excluding hydrogens is 1040 g/mol. The lowest BCUT2D eigenvalue weighted by Crippen LogP contribution is -2.29. The van der Waals surface area contributed by atoms with Crippen LogP contribution in [-0.2, 0) is 0 Å². The third-order valence-corrected chi connectivity index (χ3v) is 16.1. The van der Waals surface area contributed by atoms with E-state index in [4.69, 9.17) is 0 Å². The van der Waals surface area contributed by atoms with E-state index in [0.717, 1.165) is 71.5 Å². The first-order valence-electron chi connectivity index (χ1n) is 24.6. The zero-order valence-electron chi connectivity index (χ0n) is 41.6. The highest BCUT2D eigenvalue weighted by molar-refractivity contribution is 9.10. The van der Waals surface area contributed by atoms with Crippen molar-refractivity contribution in [1.82, 2.24) is 29.5 Å². The van der Waals surface area contributed by atoms with Gasteiger partial charge in [0.25, 0.3) is 0 Å². The molecule has 14 rings (SSSR count). The van der Waals surface area contributed by atoms with Crippen molar-refractivity contribution in [2.45, 2.75) is 0 Å². The van der Waals surface area contributed by atoms with Crippen molar-refractivity contribution in [3.63, 3.8) is 0 Å². The van der Waals surface area contributed by atoms with Gasteiger partial charge >= 0.3 is 7.12 Å². The van der Waals surface area contributed by atoms with Crippen molar-refractivity contribution in [2.75, 3.05) is 0 Å². The van der Waals surface area contributed by atoms with E-state index in [1.807, 2.05) is 151 Å². The molecule has 14 aromatic rings. The smallest absolute Gasteiger partial charge is 0.489 e. The molecule has 4 heterocycles. The molecule has 0 saturated carbocycles. The average Bonchev–Trinajstić information content (AvgIpc) is 4.33. The number of rotatable bonds is 8. The Hall–Kier alpha value is -8.62. The minimum Gasteiger partial charge on any atom is -1.00 e. The van der Waals surface area contributed by atoms with Crippen LogP contribution in [0.2, 0.25) is 0 Å². The predicted octanol–water partition coefficient (Wildman–Crippen LogP) is 15.8. The van der Waals surface area contributed by atoms with Gasteiger partial charge in [-0.1, -0.05) is 222 Å². The first-order valence-corrected chi connectivity index (χ1v) is 27.1. The van der Waals surface area contributed by atoms with Gasteiger partial charge in [-0.15, -0.1) is 43.1 Å². The molecule has 76 heavy (non-hydrogen) atoms. The van der Waals surface area contributed by atoms with Crippen molar-refractivity contribution in [2.24, 2.45) is 0 Å². The van der Waals surface area contributed by atoms with E-state index in [9.17, 15) is 10.0 Å². The highest BCUT2D eigenvalue weighted by atomic mass is 79.9. The summed E-state index contributed by atoms with van der Waals surface area (Å²) in [6.07, 6.45) is 0. The van der Waals surface area contributed by atoms with Gasteiger partial charge in [0.05, 0.1) is 0 Å². The zero-order chi connectivity index (χ0) is 51.4. The summed E-state index contributed by atoms with van der Waals surface area (Å²) in [5, 5.41) is 41.6. The number of halogens is 1. The number of nitrogens with zero attached hydrogens (tertiary/aromatic N) is 6. The number of fused-ring (bicyclic) bond motifs is 6. The van der Waals surface area contributed by atoms with E-state index in [1.54, 1.807) is 17.4 Å². The van der Waals surface area contributed by atoms with Gasteiger partial charge in [0.1, 0.15) is 0 Å². The third-order valence-electron chi connectivity index (χ3n) is 13.1. The molecular formula is C64H45BBrN6O2S2-. The highest BCUT2D eigenvalue weighted by Crippen LogP contribution is 2.40. The summed E-state index contributed by atoms with van der Waals surface area (Å²) in [5.41, 5.74) is 9.24. The number of hydrogen-bond acceptors (Lipinski definition) is 8. The Bertz CT molecular complexity index is 4160. The quantitative estimate of drug-likeness (QED) is 0.147. The molecule has 12 heteroatoms. The zero-order valence-corrected chi connectivity index (χ0v) is 43.8. The lowest BCUT2D eigenvalue weighted by molar-refractivity contribution is 0.426. The Kier molecular flexibility index (Phi) is 13.8. The molecule has 366 valence electrons. The number of aromatic nitrogens is 6. The molecule has 0 unspecified atom stereocenters. The van der Waals surface area contributed by atoms with Gasteiger partial charge in [0.15, 0.2) is 23.3 Å². The van der Waals surface area contributed by atoms with Gasteiger partial charge in [-0.05, 0) is 70.5 Å². The second-order valence-electron chi connectivity index (χ2n) is 17.8. The molecule has 0 bridgehead atoms. The third kappa shape index (κ3) is 9.67. The largest absolute Gasteiger partial charge is 1.00 e. The first kappa shape index (κ1) is 48.3. The summed E-state index contributed by atoms with van der Waals surface area (Å²) >= 11 is 6.95. The summed E-state index contributed by atoms with van der Waals surface area (Å²) < 4.78 is 10.1. The Morgan fingerprint density at radius 3 is 1.13 bits per heavy atom. The van der Waals surface area contributed by atoms with Crippen LogP contribution in [-0.4, -0.2) is 46.7 Å². The Morgan fingerprint density at radius 2 is 0.697 bits per heavy atom. The Morgan fingerprint density at radius 1 is 0.342 bits per heavy atom. The normalized spacial score (nSPS) is 11.1. The van der Waals surface area contributed by atoms with Crippen molar-refractivity contribution in [3.8, 4) is 68.1 Å². The SMILES string of the molecule is Brc1ccc(-n2c(-c3ccccc3)nnc2-c2ccccc2)cc1.OB(O)c1cccc2c1sc1ccccc12.[2H-].c1ccc(-c2nnc(-c3ccccc3)n2-c2ccc(-c3cccc4c3sc3ccccc34)cc2)cc1. The summed E-state index contributed by atoms with van der Waals surface area (Å²) in [6.45, 7) is 0. The van der Waals surface area contributed by atoms with E-state index in [0.29, 0.717) is 5.46 Å². The van der Waals surface area contributed by atoms with Crippen LogP contribution in [0.1, 0.15) is 1.43 Å². The second-order valence-corrected chi connectivity index (χ2v) is 20.8. The topological polar surface area (TPSA) is 102 Å². The Labute approximate surface area is 456 Å². The molecule has 8 nitrogen and oxygen atoms in total. The average molecular weight is 1090 g/mol. The van der Waals surface area contributed by atoms with E-state index in [2.05, 4.69) is 155 Å². The number of benzene rings is 10. The first-order chi connectivity index (χ1) is 37.5. The summed E-state index contributed by atoms with van der Waals surface area (Å²) in [4.78, 5) is 0. The van der Waals surface area contributed by atoms with E-state index in [-0.39, 0.29) is 1.43 Å². The molecule has 0 radical (unpaired) electrons. The van der Waals surface area contributed by atoms with Gasteiger partial charge in [-0.25, -0.2) is 0 Å². The fourth-order valence-corrected chi connectivity index (χ4v) is 12.2. The van der Waals surface area contributed by atoms with Crippen LogP contribution in [0.15, 0.2) is 259 Å². The molecule has 0 aliphatic heterocycles. The maximum Gasteiger partial charge on any atom is 0.489 e. The van der Waals surface area contributed by atoms with Crippen LogP contribution in [0, 0.1) is 0 Å². The highest BCUT2D eigenvalue weighted by Gasteiger charge is 2.20. The van der Waals surface area contributed by atoms with Gasteiger partial charge in [-0.2, -0.15) is 0 Å². The molecule has 0 atom stereocenters. The van der Waals surface area contributed by atoms with E-state index in [1.165, 1.54) is 41.4 Å². The predicted molar refractivity (Wildman–Crippen MR) is 321 cm³/mol. The van der Waals surface area contributed by atoms with E-state index < -0.39 is 7.12 Å². The van der Waals surface area contributed by atoms with Crippen LogP contribution in [0.4, 0.5) is 0 Å². The molecule has 10 aromatic carbocycles. The molecule has 0 amide bonds. The van der Waals surface area contributed by atoms with Crippen molar-refractivity contribution in [1.29, 1.82) is 0 Å². The van der Waals surface area contributed by atoms with Gasteiger partial charge < -0.3 is 11.5 Å². The molecule has 2 N–H and O–H groups in total. The monoisotopic (exact) mass is 1080 g/mol. The lowest BCUT2D eigenvalue weighted by atomic mass is 9.80. The molecule has 4 aromatic heterocycles. The molecule has 0 aliphatic rings. The molecule has 0 aliphatic carbocycles. The number of hydrogen-bond donors (Lipinski definition) is 2. The molecule has 0 saturated heterocycles. The van der Waals surface area contributed by atoms with Crippen molar-refractivity contribution in [3.05, 3.63) is 259 Å². The van der Waals surface area contributed by atoms with Gasteiger partial charge in [0.2, 0.25) is 0 Å². The van der Waals surface area contributed by atoms with E-state index >= 15 is 0 Å². The summed E-state index contributed by atoms with van der Waals surface area (Å²) in [5.74, 6) is 3.32. The Balaban J connectivity index is 0.000000133.